The first kappa shape index (κ1) is 19.4. The van der Waals surface area contributed by atoms with E-state index in [9.17, 15) is 19.5 Å². The van der Waals surface area contributed by atoms with E-state index in [0.29, 0.717) is 14.7 Å². The Hall–Kier alpha value is -2.33. The van der Waals surface area contributed by atoms with Crippen LogP contribution < -0.4 is 4.74 Å². The topological polar surface area (TPSA) is 83.9 Å². The number of amides is 2. The van der Waals surface area contributed by atoms with Gasteiger partial charge in [-0.05, 0) is 58.1 Å². The van der Waals surface area contributed by atoms with Crippen molar-refractivity contribution >= 4 is 57.4 Å². The molecule has 1 saturated heterocycles. The molecule has 0 aliphatic carbocycles. The molecule has 8 heteroatoms. The first-order chi connectivity index (χ1) is 12.9. The van der Waals surface area contributed by atoms with Crippen molar-refractivity contribution in [2.24, 2.45) is 0 Å². The molecule has 2 amide bonds. The lowest BCUT2D eigenvalue weighted by Crippen LogP contribution is -2.33. The monoisotopic (exact) mass is 495 g/mol. The number of hydrogen-bond donors (Lipinski definition) is 1. The molecule has 1 aliphatic rings. The van der Waals surface area contributed by atoms with Crippen LogP contribution in [0.5, 0.6) is 11.5 Å². The van der Waals surface area contributed by atoms with E-state index in [-0.39, 0.29) is 28.7 Å². The van der Waals surface area contributed by atoms with Gasteiger partial charge in [-0.15, -0.1) is 0 Å². The van der Waals surface area contributed by atoms with Crippen molar-refractivity contribution in [3.8, 4) is 11.5 Å². The Kier molecular flexibility index (Phi) is 5.85. The number of Topliss-reactive ketones (excluding diaryl/α,β-unsaturated/α-hetero) is 1. The van der Waals surface area contributed by atoms with Gasteiger partial charge in [0.2, 0.25) is 0 Å². The maximum Gasteiger partial charge on any atom is 0.293 e. The molecule has 0 aromatic heterocycles. The third-order valence-electron chi connectivity index (χ3n) is 3.84. The number of carbonyl (C=O) groups excluding carboxylic acids is 3. The largest absolute Gasteiger partial charge is 0.504 e. The number of nitrogens with zero attached hydrogens (tertiary/aromatic N) is 1. The average molecular weight is 495 g/mol. The zero-order valence-corrected chi connectivity index (χ0v) is 17.1. The number of hydrogen-bond acceptors (Lipinski definition) is 6. The normalized spacial score (nSPS) is 15.5. The number of benzene rings is 2. The number of carbonyl (C=O) groups is 3. The van der Waals surface area contributed by atoms with E-state index < -0.39 is 11.1 Å². The molecule has 3 rings (SSSR count). The molecule has 1 heterocycles. The van der Waals surface area contributed by atoms with Gasteiger partial charge in [-0.3, -0.25) is 19.3 Å². The van der Waals surface area contributed by atoms with Crippen molar-refractivity contribution in [3.05, 3.63) is 62.1 Å². The standard InChI is InChI=1S/C19H14INO5S/c1-26-15-8-11(7-13(20)17(15)23)9-16-18(24)21(19(25)27-16)10-14(22)12-5-3-2-4-6-12/h2-9,23H,10H2,1H3/b16-9-. The van der Waals surface area contributed by atoms with Gasteiger partial charge in [0.1, 0.15) is 0 Å². The van der Waals surface area contributed by atoms with Gasteiger partial charge >= 0.3 is 0 Å². The fourth-order valence-electron chi connectivity index (χ4n) is 2.48. The SMILES string of the molecule is COc1cc(/C=C2\SC(=O)N(CC(=O)c3ccccc3)C2=O)cc(I)c1O. The van der Waals surface area contributed by atoms with Crippen LogP contribution in [0.2, 0.25) is 0 Å². The zero-order valence-electron chi connectivity index (χ0n) is 14.1. The van der Waals surface area contributed by atoms with Crippen molar-refractivity contribution in [3.63, 3.8) is 0 Å². The Morgan fingerprint density at radius 3 is 2.63 bits per heavy atom. The molecule has 0 spiro atoms. The van der Waals surface area contributed by atoms with E-state index in [0.717, 1.165) is 16.7 Å². The third-order valence-corrected chi connectivity index (χ3v) is 5.57. The Bertz CT molecular complexity index is 958. The van der Waals surface area contributed by atoms with Crippen LogP contribution >= 0.6 is 34.4 Å². The Balaban J connectivity index is 1.83. The van der Waals surface area contributed by atoms with Crippen LogP contribution in [0.15, 0.2) is 47.4 Å². The van der Waals surface area contributed by atoms with Gasteiger partial charge in [0.25, 0.3) is 11.1 Å². The number of aromatic hydroxyl groups is 1. The predicted octanol–water partition coefficient (Wildman–Crippen LogP) is 3.92. The Labute approximate surface area is 173 Å². The summed E-state index contributed by atoms with van der Waals surface area (Å²) in [5.41, 5.74) is 1.05. The van der Waals surface area contributed by atoms with Gasteiger partial charge in [0.05, 0.1) is 22.1 Å². The number of thioether (sulfide) groups is 1. The van der Waals surface area contributed by atoms with E-state index in [2.05, 4.69) is 0 Å². The first-order valence-electron chi connectivity index (χ1n) is 7.81. The average Bonchev–Trinajstić information content (AvgIpc) is 2.92. The Morgan fingerprint density at radius 1 is 1.26 bits per heavy atom. The van der Waals surface area contributed by atoms with Crippen LogP contribution in [0.1, 0.15) is 15.9 Å². The predicted molar refractivity (Wildman–Crippen MR) is 111 cm³/mol. The smallest absolute Gasteiger partial charge is 0.293 e. The highest BCUT2D eigenvalue weighted by Gasteiger charge is 2.36. The highest BCUT2D eigenvalue weighted by Crippen LogP contribution is 2.36. The van der Waals surface area contributed by atoms with Gasteiger partial charge in [-0.25, -0.2) is 0 Å². The van der Waals surface area contributed by atoms with Crippen molar-refractivity contribution < 1.29 is 24.2 Å². The molecule has 1 N–H and O–H groups in total. The summed E-state index contributed by atoms with van der Waals surface area (Å²) in [5.74, 6) is -0.542. The van der Waals surface area contributed by atoms with E-state index in [1.165, 1.54) is 7.11 Å². The maximum atomic E-state index is 12.6. The fraction of sp³-hybridized carbons (Fsp3) is 0.105. The summed E-state index contributed by atoms with van der Waals surface area (Å²) in [6.07, 6.45) is 1.54. The van der Waals surface area contributed by atoms with Crippen LogP contribution in [-0.4, -0.2) is 40.6 Å². The number of phenols is 1. The van der Waals surface area contributed by atoms with Crippen molar-refractivity contribution in [1.82, 2.24) is 4.90 Å². The molecule has 2 aromatic carbocycles. The third kappa shape index (κ3) is 4.16. The van der Waals surface area contributed by atoms with Gasteiger partial charge in [0, 0.05) is 5.56 Å². The van der Waals surface area contributed by atoms with Crippen LogP contribution in [0.3, 0.4) is 0 Å². The van der Waals surface area contributed by atoms with E-state index in [4.69, 9.17) is 4.74 Å². The minimum absolute atomic E-state index is 0.0109. The summed E-state index contributed by atoms with van der Waals surface area (Å²) in [6, 6.07) is 11.8. The number of halogens is 1. The molecule has 0 radical (unpaired) electrons. The molecule has 138 valence electrons. The van der Waals surface area contributed by atoms with Crippen LogP contribution in [-0.2, 0) is 4.79 Å². The van der Waals surface area contributed by atoms with Gasteiger partial charge < -0.3 is 9.84 Å². The molecule has 27 heavy (non-hydrogen) atoms. The molecule has 1 fully saturated rings. The summed E-state index contributed by atoms with van der Waals surface area (Å²) in [6.45, 7) is -0.303. The molecule has 1 aliphatic heterocycles. The summed E-state index contributed by atoms with van der Waals surface area (Å²) in [7, 11) is 1.43. The lowest BCUT2D eigenvalue weighted by Gasteiger charge is -2.11. The van der Waals surface area contributed by atoms with Crippen LogP contribution in [0.25, 0.3) is 6.08 Å². The number of rotatable bonds is 5. The number of ketones is 1. The first-order valence-corrected chi connectivity index (χ1v) is 9.70. The van der Waals surface area contributed by atoms with Crippen LogP contribution in [0, 0.1) is 3.57 Å². The highest BCUT2D eigenvalue weighted by molar-refractivity contribution is 14.1. The number of phenolic OH excluding ortho intramolecular Hbond substituents is 1. The molecule has 0 unspecified atom stereocenters. The fourth-order valence-corrected chi connectivity index (χ4v) is 3.94. The highest BCUT2D eigenvalue weighted by atomic mass is 127. The van der Waals surface area contributed by atoms with Crippen molar-refractivity contribution in [2.45, 2.75) is 0 Å². The molecule has 2 aromatic rings. The number of imide groups is 1. The lowest BCUT2D eigenvalue weighted by molar-refractivity contribution is -0.122. The zero-order chi connectivity index (χ0) is 19.6. The number of methoxy groups -OCH3 is 1. The molecule has 0 saturated carbocycles. The Morgan fingerprint density at radius 2 is 1.96 bits per heavy atom. The van der Waals surface area contributed by atoms with Gasteiger partial charge in [-0.2, -0.15) is 0 Å². The number of ether oxygens (including phenoxy) is 1. The second-order valence-corrected chi connectivity index (χ2v) is 7.77. The molecular formula is C19H14INO5S. The quantitative estimate of drug-likeness (QED) is 0.385. The summed E-state index contributed by atoms with van der Waals surface area (Å²) in [5, 5.41) is 9.41. The minimum Gasteiger partial charge on any atom is -0.504 e. The molecular weight excluding hydrogens is 481 g/mol. The second-order valence-electron chi connectivity index (χ2n) is 5.61. The minimum atomic E-state index is -0.517. The van der Waals surface area contributed by atoms with E-state index >= 15 is 0 Å². The van der Waals surface area contributed by atoms with Crippen molar-refractivity contribution in [2.75, 3.05) is 13.7 Å². The van der Waals surface area contributed by atoms with Crippen molar-refractivity contribution in [1.29, 1.82) is 0 Å². The maximum absolute atomic E-state index is 12.6. The summed E-state index contributed by atoms with van der Waals surface area (Å²) >= 11 is 2.73. The summed E-state index contributed by atoms with van der Waals surface area (Å²) < 4.78 is 5.66. The van der Waals surface area contributed by atoms with Crippen LogP contribution in [0.4, 0.5) is 4.79 Å². The second kappa shape index (κ2) is 8.13. The van der Waals surface area contributed by atoms with E-state index in [1.54, 1.807) is 48.5 Å². The summed E-state index contributed by atoms with van der Waals surface area (Å²) in [4.78, 5) is 38.2. The molecule has 0 bridgehead atoms. The van der Waals surface area contributed by atoms with Gasteiger partial charge in [0.15, 0.2) is 17.3 Å². The van der Waals surface area contributed by atoms with Gasteiger partial charge in [-0.1, -0.05) is 30.3 Å². The van der Waals surface area contributed by atoms with E-state index in [1.807, 2.05) is 22.6 Å². The molecule has 0 atom stereocenters. The lowest BCUT2D eigenvalue weighted by atomic mass is 10.1. The molecule has 6 nitrogen and oxygen atoms in total.